The van der Waals surface area contributed by atoms with Crippen LogP contribution < -0.4 is 16.0 Å². The van der Waals surface area contributed by atoms with E-state index < -0.39 is 0 Å². The van der Waals surface area contributed by atoms with Crippen LogP contribution in [0.5, 0.6) is 0 Å². The zero-order chi connectivity index (χ0) is 15.3. The van der Waals surface area contributed by atoms with Crippen LogP contribution in [0.2, 0.25) is 0 Å². The van der Waals surface area contributed by atoms with Gasteiger partial charge in [0.25, 0.3) is 0 Å². The normalized spacial score (nSPS) is 27.9. The van der Waals surface area contributed by atoms with E-state index in [1.165, 1.54) is 51.4 Å². The summed E-state index contributed by atoms with van der Waals surface area (Å²) in [6.07, 6.45) is 8.15. The lowest BCUT2D eigenvalue weighted by atomic mass is 9.95. The third kappa shape index (κ3) is 9.84. The predicted molar refractivity (Wildman–Crippen MR) is 97.8 cm³/mol. The van der Waals surface area contributed by atoms with Crippen LogP contribution in [0, 0.1) is 11.8 Å². The second kappa shape index (κ2) is 12.8. The van der Waals surface area contributed by atoms with Gasteiger partial charge in [-0.25, -0.2) is 0 Å². The third-order valence-corrected chi connectivity index (χ3v) is 6.24. The minimum Gasteiger partial charge on any atom is -0.317 e. The molecule has 0 aromatic carbocycles. The highest BCUT2D eigenvalue weighted by molar-refractivity contribution is 7.38. The molecule has 4 heteroatoms. The third-order valence-electron chi connectivity index (χ3n) is 4.45. The van der Waals surface area contributed by atoms with Crippen molar-refractivity contribution in [2.24, 2.45) is 11.8 Å². The van der Waals surface area contributed by atoms with Gasteiger partial charge < -0.3 is 16.0 Å². The van der Waals surface area contributed by atoms with Gasteiger partial charge in [0.05, 0.1) is 0 Å². The van der Waals surface area contributed by atoms with Gasteiger partial charge in [0, 0.05) is 5.78 Å². The van der Waals surface area contributed by atoms with E-state index in [2.05, 4.69) is 36.7 Å². The summed E-state index contributed by atoms with van der Waals surface area (Å²) in [4.78, 5) is 0. The number of rotatable bonds is 11. The van der Waals surface area contributed by atoms with Crippen LogP contribution in [0.1, 0.15) is 52.9 Å². The molecule has 4 atom stereocenters. The first-order valence-electron chi connectivity index (χ1n) is 9.12. The summed E-state index contributed by atoms with van der Waals surface area (Å²) in [5.74, 6) is 2.60. The fourth-order valence-electron chi connectivity index (χ4n) is 3.12. The van der Waals surface area contributed by atoms with Crippen LogP contribution >= 0.6 is 8.58 Å². The molecule has 0 saturated carbocycles. The lowest BCUT2D eigenvalue weighted by molar-refractivity contribution is 0.379. The van der Waals surface area contributed by atoms with Crippen LogP contribution in [0.15, 0.2) is 0 Å². The van der Waals surface area contributed by atoms with E-state index in [-0.39, 0.29) is 0 Å². The van der Waals surface area contributed by atoms with E-state index >= 15 is 0 Å². The van der Waals surface area contributed by atoms with Crippen molar-refractivity contribution in [1.82, 2.24) is 16.0 Å². The van der Waals surface area contributed by atoms with Gasteiger partial charge in [-0.2, -0.15) is 0 Å². The highest BCUT2D eigenvalue weighted by Gasteiger charge is 2.22. The molecule has 3 unspecified atom stereocenters. The van der Waals surface area contributed by atoms with Gasteiger partial charge in [-0.15, -0.1) is 8.58 Å². The Morgan fingerprint density at radius 2 is 1.67 bits per heavy atom. The summed E-state index contributed by atoms with van der Waals surface area (Å²) < 4.78 is 0. The fourth-order valence-corrected chi connectivity index (χ4v) is 4.92. The Balaban J connectivity index is 1.91. The molecule has 1 aliphatic rings. The quantitative estimate of drug-likeness (QED) is 0.405. The summed E-state index contributed by atoms with van der Waals surface area (Å²) in [6.45, 7) is 12.8. The van der Waals surface area contributed by atoms with Crippen LogP contribution in [0.4, 0.5) is 0 Å². The molecule has 1 aliphatic heterocycles. The molecule has 3 nitrogen and oxygen atoms in total. The molecule has 0 aliphatic carbocycles. The average molecular weight is 315 g/mol. The molecular formula is C17H38N3P. The molecule has 0 radical (unpaired) electrons. The maximum absolute atomic E-state index is 3.83. The Kier molecular flexibility index (Phi) is 11.8. The molecule has 21 heavy (non-hydrogen) atoms. The smallest absolute Gasteiger partial charge is 0.0265 e. The number of unbranched alkanes of at least 4 members (excludes halogenated alkanes) is 1. The first kappa shape index (κ1) is 19.4. The van der Waals surface area contributed by atoms with Crippen molar-refractivity contribution >= 4 is 8.58 Å². The van der Waals surface area contributed by atoms with Gasteiger partial charge >= 0.3 is 0 Å². The standard InChI is InChI=1S/C17H38N3P/c1-4-18-10-7-11-19-9-5-6-12-20-17-16(3)14-15(2)8-13-21-17/h15-21H,4-14H2,1-3H3/t15?,16-,17?/m0/s1. The Hall–Kier alpha value is 0.310. The molecule has 1 rings (SSSR count). The van der Waals surface area contributed by atoms with Crippen molar-refractivity contribution in [2.45, 2.75) is 58.7 Å². The molecule has 0 amide bonds. The van der Waals surface area contributed by atoms with Crippen LogP contribution in [0.3, 0.4) is 0 Å². The first-order chi connectivity index (χ1) is 10.2. The second-order valence-corrected chi connectivity index (χ2v) is 8.19. The van der Waals surface area contributed by atoms with Crippen molar-refractivity contribution in [3.8, 4) is 0 Å². The first-order valence-corrected chi connectivity index (χ1v) is 10.4. The van der Waals surface area contributed by atoms with Gasteiger partial charge in [0.15, 0.2) is 0 Å². The van der Waals surface area contributed by atoms with Crippen LogP contribution in [-0.2, 0) is 0 Å². The SMILES string of the molecule is CCNCCCNCCCCNC1PCCC(C)C[C@@H]1C. The highest BCUT2D eigenvalue weighted by Crippen LogP contribution is 2.34. The minimum absolute atomic E-state index is 0.794. The number of nitrogens with one attached hydrogen (secondary N) is 3. The molecule has 0 aromatic rings. The monoisotopic (exact) mass is 315 g/mol. The summed E-state index contributed by atoms with van der Waals surface area (Å²) >= 11 is 0. The predicted octanol–water partition coefficient (Wildman–Crippen LogP) is 3.02. The summed E-state index contributed by atoms with van der Waals surface area (Å²) in [5, 5.41) is 10.7. The van der Waals surface area contributed by atoms with Crippen molar-refractivity contribution in [3.63, 3.8) is 0 Å². The lowest BCUT2D eigenvalue weighted by Crippen LogP contribution is -2.32. The molecular weight excluding hydrogens is 277 g/mol. The zero-order valence-corrected chi connectivity index (χ0v) is 15.5. The summed E-state index contributed by atoms with van der Waals surface area (Å²) in [6, 6.07) is 0. The van der Waals surface area contributed by atoms with Gasteiger partial charge in [0.1, 0.15) is 0 Å². The second-order valence-electron chi connectivity index (χ2n) is 6.66. The van der Waals surface area contributed by atoms with Gasteiger partial charge in [-0.3, -0.25) is 0 Å². The Morgan fingerprint density at radius 1 is 0.952 bits per heavy atom. The maximum Gasteiger partial charge on any atom is 0.0265 e. The zero-order valence-electron chi connectivity index (χ0n) is 14.5. The topological polar surface area (TPSA) is 36.1 Å². The highest BCUT2D eigenvalue weighted by atomic mass is 31.1. The van der Waals surface area contributed by atoms with Gasteiger partial charge in [-0.1, -0.05) is 20.8 Å². The molecule has 0 bridgehead atoms. The molecule has 1 heterocycles. The Labute approximate surface area is 134 Å². The van der Waals surface area contributed by atoms with E-state index in [1.54, 1.807) is 0 Å². The largest absolute Gasteiger partial charge is 0.317 e. The molecule has 0 aromatic heterocycles. The molecule has 1 saturated heterocycles. The lowest BCUT2D eigenvalue weighted by Gasteiger charge is -2.23. The van der Waals surface area contributed by atoms with E-state index in [4.69, 9.17) is 0 Å². The van der Waals surface area contributed by atoms with Crippen LogP contribution in [0.25, 0.3) is 0 Å². The van der Waals surface area contributed by atoms with Gasteiger partial charge in [-0.05, 0) is 82.8 Å². The van der Waals surface area contributed by atoms with Crippen molar-refractivity contribution < 1.29 is 0 Å². The Morgan fingerprint density at radius 3 is 2.48 bits per heavy atom. The molecule has 126 valence electrons. The molecule has 3 N–H and O–H groups in total. The summed E-state index contributed by atoms with van der Waals surface area (Å²) in [5.41, 5.74) is 0. The van der Waals surface area contributed by atoms with E-state index in [1.807, 2.05) is 0 Å². The Bertz CT molecular complexity index is 238. The minimum atomic E-state index is 0.794. The van der Waals surface area contributed by atoms with Crippen molar-refractivity contribution in [2.75, 3.05) is 38.9 Å². The average Bonchev–Trinajstić information content (AvgIpc) is 2.62. The summed E-state index contributed by atoms with van der Waals surface area (Å²) in [7, 11) is 1.13. The van der Waals surface area contributed by atoms with Crippen LogP contribution in [-0.4, -0.2) is 44.7 Å². The molecule has 0 spiro atoms. The number of hydrogen-bond donors (Lipinski definition) is 3. The van der Waals surface area contributed by atoms with Crippen molar-refractivity contribution in [3.05, 3.63) is 0 Å². The fraction of sp³-hybridized carbons (Fsp3) is 1.00. The maximum atomic E-state index is 3.83. The van der Waals surface area contributed by atoms with E-state index in [9.17, 15) is 0 Å². The van der Waals surface area contributed by atoms with Crippen molar-refractivity contribution in [1.29, 1.82) is 0 Å². The molecule has 1 fully saturated rings. The number of hydrogen-bond acceptors (Lipinski definition) is 3. The van der Waals surface area contributed by atoms with Gasteiger partial charge in [0.2, 0.25) is 0 Å². The van der Waals surface area contributed by atoms with E-state index in [0.29, 0.717) is 0 Å². The van der Waals surface area contributed by atoms with E-state index in [0.717, 1.165) is 45.8 Å².